The zero-order valence-corrected chi connectivity index (χ0v) is 11.3. The number of nitrogens with two attached hydrogens (primary N) is 1. The van der Waals surface area contributed by atoms with Gasteiger partial charge in [-0.1, -0.05) is 18.2 Å². The third kappa shape index (κ3) is 3.03. The van der Waals surface area contributed by atoms with Crippen molar-refractivity contribution >= 4 is 0 Å². The van der Waals surface area contributed by atoms with Crippen LogP contribution in [-0.4, -0.2) is 19.8 Å². The lowest BCUT2D eigenvalue weighted by atomic mass is 9.86. The Labute approximate surface area is 109 Å². The van der Waals surface area contributed by atoms with Crippen molar-refractivity contribution in [1.29, 1.82) is 0 Å². The van der Waals surface area contributed by atoms with Gasteiger partial charge in [-0.3, -0.25) is 0 Å². The van der Waals surface area contributed by atoms with Crippen molar-refractivity contribution < 1.29 is 9.47 Å². The van der Waals surface area contributed by atoms with Crippen molar-refractivity contribution in [3.05, 3.63) is 29.8 Å². The molecule has 1 aromatic carbocycles. The summed E-state index contributed by atoms with van der Waals surface area (Å²) in [6.07, 6.45) is 4.67. The Balaban J connectivity index is 2.04. The van der Waals surface area contributed by atoms with E-state index in [1.165, 1.54) is 12.8 Å². The van der Waals surface area contributed by atoms with Crippen molar-refractivity contribution in [3.8, 4) is 5.75 Å². The third-order valence-electron chi connectivity index (χ3n) is 3.73. The lowest BCUT2D eigenvalue weighted by molar-refractivity contribution is 0.0965. The lowest BCUT2D eigenvalue weighted by Crippen LogP contribution is -2.34. The van der Waals surface area contributed by atoms with E-state index in [-0.39, 0.29) is 5.54 Å². The molecule has 0 spiro atoms. The highest BCUT2D eigenvalue weighted by molar-refractivity contribution is 5.38. The molecule has 18 heavy (non-hydrogen) atoms. The Morgan fingerprint density at radius 2 is 2.22 bits per heavy atom. The average molecular weight is 249 g/mol. The molecule has 2 unspecified atom stereocenters. The van der Waals surface area contributed by atoms with Crippen molar-refractivity contribution in [2.45, 2.75) is 44.2 Å². The quantitative estimate of drug-likeness (QED) is 0.872. The smallest absolute Gasteiger partial charge is 0.123 e. The second kappa shape index (κ2) is 5.72. The summed E-state index contributed by atoms with van der Waals surface area (Å²) in [6, 6.07) is 7.99. The molecule has 2 rings (SSSR count). The van der Waals surface area contributed by atoms with Crippen molar-refractivity contribution in [2.24, 2.45) is 5.73 Å². The SMILES string of the molecule is COc1ccccc1C(C)(N)CCC1CCCO1. The monoisotopic (exact) mass is 249 g/mol. The maximum atomic E-state index is 6.46. The van der Waals surface area contributed by atoms with Crippen LogP contribution in [-0.2, 0) is 10.3 Å². The van der Waals surface area contributed by atoms with Crippen LogP contribution in [0.15, 0.2) is 24.3 Å². The minimum absolute atomic E-state index is 0.363. The van der Waals surface area contributed by atoms with E-state index in [9.17, 15) is 0 Å². The predicted octanol–water partition coefficient (Wildman–Crippen LogP) is 2.83. The molecule has 1 aliphatic rings. The number of methoxy groups -OCH3 is 1. The van der Waals surface area contributed by atoms with Crippen LogP contribution >= 0.6 is 0 Å². The lowest BCUT2D eigenvalue weighted by Gasteiger charge is -2.28. The first-order valence-corrected chi connectivity index (χ1v) is 6.67. The molecule has 2 N–H and O–H groups in total. The maximum Gasteiger partial charge on any atom is 0.123 e. The molecule has 1 fully saturated rings. The minimum atomic E-state index is -0.363. The fourth-order valence-corrected chi connectivity index (χ4v) is 2.58. The molecule has 1 aliphatic heterocycles. The molecule has 0 saturated carbocycles. The van der Waals surface area contributed by atoms with Crippen molar-refractivity contribution in [2.75, 3.05) is 13.7 Å². The molecule has 1 aromatic rings. The molecule has 3 heteroatoms. The average Bonchev–Trinajstić information content (AvgIpc) is 2.89. The summed E-state index contributed by atoms with van der Waals surface area (Å²) < 4.78 is 11.0. The minimum Gasteiger partial charge on any atom is -0.496 e. The van der Waals surface area contributed by atoms with Crippen molar-refractivity contribution in [1.82, 2.24) is 0 Å². The summed E-state index contributed by atoms with van der Waals surface area (Å²) in [5.41, 5.74) is 7.17. The van der Waals surface area contributed by atoms with Crippen LogP contribution in [0.1, 0.15) is 38.2 Å². The van der Waals surface area contributed by atoms with Gasteiger partial charge in [0.15, 0.2) is 0 Å². The van der Waals surface area contributed by atoms with E-state index in [1.54, 1.807) is 7.11 Å². The van der Waals surface area contributed by atoms with Gasteiger partial charge < -0.3 is 15.2 Å². The zero-order valence-electron chi connectivity index (χ0n) is 11.3. The standard InChI is InChI=1S/C15H23NO2/c1-15(16,10-9-12-6-5-11-18-12)13-7-3-4-8-14(13)17-2/h3-4,7-8,12H,5-6,9-11,16H2,1-2H3. The van der Waals surface area contributed by atoms with Gasteiger partial charge in [-0.05, 0) is 38.7 Å². The number of ether oxygens (including phenoxy) is 2. The van der Waals surface area contributed by atoms with E-state index in [4.69, 9.17) is 15.2 Å². The number of benzene rings is 1. The molecule has 0 aliphatic carbocycles. The summed E-state index contributed by atoms with van der Waals surface area (Å²) in [7, 11) is 1.69. The van der Waals surface area contributed by atoms with E-state index in [0.717, 1.165) is 30.8 Å². The molecule has 1 heterocycles. The molecule has 1 saturated heterocycles. The molecule has 0 radical (unpaired) electrons. The van der Waals surface area contributed by atoms with Crippen LogP contribution in [0.2, 0.25) is 0 Å². The Morgan fingerprint density at radius 1 is 1.44 bits per heavy atom. The summed E-state index contributed by atoms with van der Waals surface area (Å²) in [5, 5.41) is 0. The topological polar surface area (TPSA) is 44.5 Å². The van der Waals surface area contributed by atoms with Crippen molar-refractivity contribution in [3.63, 3.8) is 0 Å². The molecule has 3 nitrogen and oxygen atoms in total. The summed E-state index contributed by atoms with van der Waals surface area (Å²) in [5.74, 6) is 0.870. The Bertz CT molecular complexity index is 384. The predicted molar refractivity (Wildman–Crippen MR) is 72.7 cm³/mol. The van der Waals surface area contributed by atoms with Gasteiger partial charge in [-0.25, -0.2) is 0 Å². The van der Waals surface area contributed by atoms with Crippen LogP contribution < -0.4 is 10.5 Å². The molecule has 2 atom stereocenters. The Morgan fingerprint density at radius 3 is 2.89 bits per heavy atom. The highest BCUT2D eigenvalue weighted by atomic mass is 16.5. The molecule has 0 bridgehead atoms. The number of hydrogen-bond donors (Lipinski definition) is 1. The van der Waals surface area contributed by atoms with Crippen LogP contribution in [0.5, 0.6) is 5.75 Å². The van der Waals surface area contributed by atoms with Gasteiger partial charge in [0.1, 0.15) is 5.75 Å². The van der Waals surface area contributed by atoms with E-state index in [1.807, 2.05) is 24.3 Å². The van der Waals surface area contributed by atoms with Crippen LogP contribution in [0.4, 0.5) is 0 Å². The van der Waals surface area contributed by atoms with Crippen LogP contribution in [0.3, 0.4) is 0 Å². The van der Waals surface area contributed by atoms with E-state index >= 15 is 0 Å². The van der Waals surface area contributed by atoms with Gasteiger partial charge in [-0.15, -0.1) is 0 Å². The van der Waals surface area contributed by atoms with Gasteiger partial charge in [0.2, 0.25) is 0 Å². The third-order valence-corrected chi connectivity index (χ3v) is 3.73. The molecule has 100 valence electrons. The second-order valence-electron chi connectivity index (χ2n) is 5.29. The number of para-hydroxylation sites is 1. The Hall–Kier alpha value is -1.06. The highest BCUT2D eigenvalue weighted by Gasteiger charge is 2.27. The largest absolute Gasteiger partial charge is 0.496 e. The van der Waals surface area contributed by atoms with Crippen LogP contribution in [0.25, 0.3) is 0 Å². The fourth-order valence-electron chi connectivity index (χ4n) is 2.58. The van der Waals surface area contributed by atoms with Gasteiger partial charge in [-0.2, -0.15) is 0 Å². The highest BCUT2D eigenvalue weighted by Crippen LogP contribution is 2.32. The molecule has 0 amide bonds. The molecular weight excluding hydrogens is 226 g/mol. The van der Waals surface area contributed by atoms with Gasteiger partial charge in [0, 0.05) is 17.7 Å². The second-order valence-corrected chi connectivity index (χ2v) is 5.29. The van der Waals surface area contributed by atoms with Gasteiger partial charge in [0.25, 0.3) is 0 Å². The summed E-state index contributed by atoms with van der Waals surface area (Å²) in [4.78, 5) is 0. The maximum absolute atomic E-state index is 6.46. The molecular formula is C15H23NO2. The fraction of sp³-hybridized carbons (Fsp3) is 0.600. The number of hydrogen-bond acceptors (Lipinski definition) is 3. The van der Waals surface area contributed by atoms with E-state index in [2.05, 4.69) is 6.92 Å². The first-order chi connectivity index (χ1) is 8.63. The number of rotatable bonds is 5. The van der Waals surface area contributed by atoms with Gasteiger partial charge in [0.05, 0.1) is 13.2 Å². The first kappa shape index (κ1) is 13.4. The van der Waals surface area contributed by atoms with Crippen LogP contribution in [0, 0.1) is 0 Å². The van der Waals surface area contributed by atoms with E-state index < -0.39 is 0 Å². The summed E-state index contributed by atoms with van der Waals surface area (Å²) in [6.45, 7) is 2.97. The summed E-state index contributed by atoms with van der Waals surface area (Å²) >= 11 is 0. The first-order valence-electron chi connectivity index (χ1n) is 6.67. The molecule has 0 aromatic heterocycles. The van der Waals surface area contributed by atoms with E-state index in [0.29, 0.717) is 6.10 Å². The normalized spacial score (nSPS) is 22.7. The van der Waals surface area contributed by atoms with Gasteiger partial charge >= 0.3 is 0 Å². The Kier molecular flexibility index (Phi) is 4.25. The zero-order chi connectivity index (χ0) is 13.0.